The molecular weight excluding hydrogens is 290 g/mol. The third kappa shape index (κ3) is 4.27. The van der Waals surface area contributed by atoms with Gasteiger partial charge in [0.05, 0.1) is 6.04 Å². The summed E-state index contributed by atoms with van der Waals surface area (Å²) in [5.41, 5.74) is 7.34. The first kappa shape index (κ1) is 17.1. The minimum absolute atomic E-state index is 0. The van der Waals surface area contributed by atoms with Crippen molar-refractivity contribution in [3.63, 3.8) is 0 Å². The molecule has 1 atom stereocenters. The second-order valence-electron chi connectivity index (χ2n) is 5.08. The van der Waals surface area contributed by atoms with Crippen molar-refractivity contribution < 1.29 is 4.79 Å². The lowest BCUT2D eigenvalue weighted by molar-refractivity contribution is -0.118. The normalized spacial score (nSPS) is 11.9. The molecule has 2 rings (SSSR count). The molecule has 7 heteroatoms. The van der Waals surface area contributed by atoms with E-state index in [0.29, 0.717) is 11.5 Å². The van der Waals surface area contributed by atoms with Crippen molar-refractivity contribution in [1.29, 1.82) is 0 Å². The van der Waals surface area contributed by atoms with E-state index in [0.717, 1.165) is 11.4 Å². The van der Waals surface area contributed by atoms with Crippen LogP contribution in [-0.2, 0) is 4.79 Å². The van der Waals surface area contributed by atoms with Gasteiger partial charge in [-0.3, -0.25) is 9.89 Å². The number of anilines is 1. The van der Waals surface area contributed by atoms with Gasteiger partial charge in [0.25, 0.3) is 0 Å². The molecule has 0 saturated heterocycles. The largest absolute Gasteiger partial charge is 0.325 e. The number of nitrogens with two attached hydrogens (primary N) is 1. The number of aryl methyl sites for hydroxylation is 1. The minimum atomic E-state index is -0.524. The molecule has 0 aliphatic heterocycles. The predicted molar refractivity (Wildman–Crippen MR) is 85.2 cm³/mol. The van der Waals surface area contributed by atoms with E-state index in [1.54, 1.807) is 0 Å². The van der Waals surface area contributed by atoms with Gasteiger partial charge in [0.15, 0.2) is 5.82 Å². The quantitative estimate of drug-likeness (QED) is 0.806. The smallest absolute Gasteiger partial charge is 0.241 e. The van der Waals surface area contributed by atoms with Gasteiger partial charge in [-0.2, -0.15) is 5.10 Å². The highest BCUT2D eigenvalue weighted by Crippen LogP contribution is 2.19. The topological polar surface area (TPSA) is 96.7 Å². The van der Waals surface area contributed by atoms with Crippen molar-refractivity contribution >= 4 is 24.0 Å². The first-order valence-electron chi connectivity index (χ1n) is 6.53. The Bertz CT molecular complexity index is 611. The minimum Gasteiger partial charge on any atom is -0.325 e. The highest BCUT2D eigenvalue weighted by Gasteiger charge is 2.17. The molecule has 0 spiro atoms. The van der Waals surface area contributed by atoms with E-state index in [2.05, 4.69) is 20.5 Å². The number of rotatable bonds is 4. The molecule has 114 valence electrons. The van der Waals surface area contributed by atoms with Crippen LogP contribution in [0.3, 0.4) is 0 Å². The van der Waals surface area contributed by atoms with Crippen LogP contribution in [0.1, 0.15) is 19.7 Å². The van der Waals surface area contributed by atoms with Gasteiger partial charge in [0, 0.05) is 11.3 Å². The number of aromatic amines is 1. The summed E-state index contributed by atoms with van der Waals surface area (Å²) >= 11 is 0. The molecule has 0 aliphatic rings. The summed E-state index contributed by atoms with van der Waals surface area (Å²) < 4.78 is 0. The fourth-order valence-corrected chi connectivity index (χ4v) is 1.74. The maximum atomic E-state index is 11.9. The maximum absolute atomic E-state index is 11.9. The van der Waals surface area contributed by atoms with Gasteiger partial charge in [0.2, 0.25) is 5.91 Å². The van der Waals surface area contributed by atoms with Gasteiger partial charge in [0.1, 0.15) is 5.82 Å². The summed E-state index contributed by atoms with van der Waals surface area (Å²) in [6, 6.07) is 6.85. The van der Waals surface area contributed by atoms with Gasteiger partial charge in [-0.15, -0.1) is 12.4 Å². The fourth-order valence-electron chi connectivity index (χ4n) is 1.74. The molecule has 1 unspecified atom stereocenters. The summed E-state index contributed by atoms with van der Waals surface area (Å²) in [7, 11) is 0. The Hall–Kier alpha value is -1.92. The number of benzene rings is 1. The molecule has 21 heavy (non-hydrogen) atoms. The molecule has 0 fully saturated rings. The van der Waals surface area contributed by atoms with Crippen LogP contribution in [-0.4, -0.2) is 27.1 Å². The fraction of sp³-hybridized carbons (Fsp3) is 0.357. The molecule has 0 radical (unpaired) electrons. The number of hydrogen-bond donors (Lipinski definition) is 3. The van der Waals surface area contributed by atoms with Crippen LogP contribution >= 0.6 is 12.4 Å². The summed E-state index contributed by atoms with van der Waals surface area (Å²) in [6.07, 6.45) is 0. The molecule has 1 amide bonds. The molecule has 1 aromatic heterocycles. The van der Waals surface area contributed by atoms with Crippen LogP contribution in [0.2, 0.25) is 0 Å². The molecule has 0 bridgehead atoms. The molecule has 1 heterocycles. The second kappa shape index (κ2) is 7.19. The predicted octanol–water partition coefficient (Wildman–Crippen LogP) is 2.12. The van der Waals surface area contributed by atoms with Crippen LogP contribution in [0.5, 0.6) is 0 Å². The van der Waals surface area contributed by atoms with Crippen molar-refractivity contribution in [2.75, 3.05) is 5.32 Å². The molecule has 1 aromatic carbocycles. The third-order valence-corrected chi connectivity index (χ3v) is 3.01. The van der Waals surface area contributed by atoms with Gasteiger partial charge in [-0.1, -0.05) is 26.0 Å². The lowest BCUT2D eigenvalue weighted by Gasteiger charge is -2.15. The van der Waals surface area contributed by atoms with Gasteiger partial charge in [-0.05, 0) is 25.0 Å². The van der Waals surface area contributed by atoms with Crippen LogP contribution < -0.4 is 11.1 Å². The first-order valence-corrected chi connectivity index (χ1v) is 6.53. The van der Waals surface area contributed by atoms with Crippen molar-refractivity contribution in [1.82, 2.24) is 15.2 Å². The van der Waals surface area contributed by atoms with Gasteiger partial charge < -0.3 is 11.1 Å². The standard InChI is InChI=1S/C14H19N5O.ClH/c1-8(2)12(15)14(20)17-11-6-4-5-10(7-11)13-16-9(3)18-19-13;/h4-8,12H,15H2,1-3H3,(H,17,20)(H,16,18,19);1H. The van der Waals surface area contributed by atoms with Crippen molar-refractivity contribution in [2.45, 2.75) is 26.8 Å². The van der Waals surface area contributed by atoms with Crippen molar-refractivity contribution in [3.05, 3.63) is 30.1 Å². The van der Waals surface area contributed by atoms with E-state index in [-0.39, 0.29) is 24.2 Å². The number of aromatic nitrogens is 3. The Morgan fingerprint density at radius 3 is 2.67 bits per heavy atom. The molecule has 0 saturated carbocycles. The average molecular weight is 310 g/mol. The molecule has 4 N–H and O–H groups in total. The number of hydrogen-bond acceptors (Lipinski definition) is 4. The lowest BCUT2D eigenvalue weighted by atomic mass is 10.0. The summed E-state index contributed by atoms with van der Waals surface area (Å²) in [4.78, 5) is 16.2. The molecule has 2 aromatic rings. The Kier molecular flexibility index (Phi) is 5.87. The van der Waals surface area contributed by atoms with E-state index in [1.807, 2.05) is 45.0 Å². The van der Waals surface area contributed by atoms with E-state index in [1.165, 1.54) is 0 Å². The number of carbonyl (C=O) groups is 1. The summed E-state index contributed by atoms with van der Waals surface area (Å²) in [6.45, 7) is 5.66. The van der Waals surface area contributed by atoms with Crippen LogP contribution in [0.4, 0.5) is 5.69 Å². The maximum Gasteiger partial charge on any atom is 0.241 e. The van der Waals surface area contributed by atoms with E-state index in [4.69, 9.17) is 5.73 Å². The number of amides is 1. The number of nitrogens with zero attached hydrogens (tertiary/aromatic N) is 2. The Morgan fingerprint density at radius 1 is 1.38 bits per heavy atom. The van der Waals surface area contributed by atoms with Gasteiger partial charge >= 0.3 is 0 Å². The molecule has 0 aliphatic carbocycles. The zero-order valence-electron chi connectivity index (χ0n) is 12.3. The summed E-state index contributed by atoms with van der Waals surface area (Å²) in [5.74, 6) is 1.25. The second-order valence-corrected chi connectivity index (χ2v) is 5.08. The van der Waals surface area contributed by atoms with Gasteiger partial charge in [-0.25, -0.2) is 4.98 Å². The van der Waals surface area contributed by atoms with Crippen LogP contribution in [0, 0.1) is 12.8 Å². The van der Waals surface area contributed by atoms with Crippen molar-refractivity contribution in [3.8, 4) is 11.4 Å². The van der Waals surface area contributed by atoms with Crippen LogP contribution in [0.25, 0.3) is 11.4 Å². The zero-order chi connectivity index (χ0) is 14.7. The highest BCUT2D eigenvalue weighted by molar-refractivity contribution is 5.95. The Balaban J connectivity index is 0.00000220. The van der Waals surface area contributed by atoms with E-state index < -0.39 is 6.04 Å². The number of H-pyrrole nitrogens is 1. The number of nitrogens with one attached hydrogen (secondary N) is 2. The van der Waals surface area contributed by atoms with Crippen molar-refractivity contribution in [2.24, 2.45) is 11.7 Å². The van der Waals surface area contributed by atoms with Crippen LogP contribution in [0.15, 0.2) is 24.3 Å². The SMILES string of the molecule is Cc1nc(-c2cccc(NC(=O)C(N)C(C)C)c2)n[nH]1.Cl. The Morgan fingerprint density at radius 2 is 2.10 bits per heavy atom. The van der Waals surface area contributed by atoms with E-state index in [9.17, 15) is 4.79 Å². The lowest BCUT2D eigenvalue weighted by Crippen LogP contribution is -2.39. The Labute approximate surface area is 129 Å². The summed E-state index contributed by atoms with van der Waals surface area (Å²) in [5, 5.41) is 9.70. The molecule has 6 nitrogen and oxygen atoms in total. The number of carbonyl (C=O) groups excluding carboxylic acids is 1. The molecular formula is C14H20ClN5O. The first-order chi connectivity index (χ1) is 9.47. The van der Waals surface area contributed by atoms with E-state index >= 15 is 0 Å². The highest BCUT2D eigenvalue weighted by atomic mass is 35.5. The average Bonchev–Trinajstić information content (AvgIpc) is 2.84. The monoisotopic (exact) mass is 309 g/mol. The third-order valence-electron chi connectivity index (χ3n) is 3.01. The number of halogens is 1. The zero-order valence-corrected chi connectivity index (χ0v) is 13.1.